The topological polar surface area (TPSA) is 52.6 Å². The van der Waals surface area contributed by atoms with Gasteiger partial charge in [-0.05, 0) is 26.3 Å². The van der Waals surface area contributed by atoms with Gasteiger partial charge in [-0.3, -0.25) is 4.79 Å². The Hall–Kier alpha value is -0.610. The van der Waals surface area contributed by atoms with E-state index in [1.54, 1.807) is 7.05 Å². The van der Waals surface area contributed by atoms with Gasteiger partial charge in [0.2, 0.25) is 5.91 Å². The molecule has 0 radical (unpaired) electrons. The third-order valence-electron chi connectivity index (χ3n) is 2.98. The van der Waals surface area contributed by atoms with E-state index in [9.17, 15) is 9.90 Å². The number of hydrogen-bond donors (Lipinski definition) is 2. The summed E-state index contributed by atoms with van der Waals surface area (Å²) >= 11 is 0. The number of nitrogens with one attached hydrogen (secondary N) is 1. The Balaban J connectivity index is 2.50. The normalized spacial score (nSPS) is 30.1. The molecule has 0 spiro atoms. The van der Waals surface area contributed by atoms with E-state index in [0.29, 0.717) is 19.5 Å². The summed E-state index contributed by atoms with van der Waals surface area (Å²) < 4.78 is 0. The van der Waals surface area contributed by atoms with E-state index >= 15 is 0 Å². The van der Waals surface area contributed by atoms with E-state index in [0.717, 1.165) is 0 Å². The molecule has 0 aromatic heterocycles. The Bertz CT molecular complexity index is 208. The number of rotatable bonds is 2. The molecule has 14 heavy (non-hydrogen) atoms. The molecule has 2 N–H and O–H groups in total. The highest BCUT2D eigenvalue weighted by molar-refractivity contribution is 5.81. The molecule has 82 valence electrons. The zero-order valence-electron chi connectivity index (χ0n) is 9.16. The molecule has 1 aliphatic heterocycles. The number of carbonyl (C=O) groups is 1. The van der Waals surface area contributed by atoms with Gasteiger partial charge in [-0.15, -0.1) is 0 Å². The van der Waals surface area contributed by atoms with Gasteiger partial charge in [0, 0.05) is 13.1 Å². The maximum atomic E-state index is 11.8. The van der Waals surface area contributed by atoms with Crippen LogP contribution in [-0.2, 0) is 4.79 Å². The molecule has 0 bridgehead atoms. The van der Waals surface area contributed by atoms with Crippen LogP contribution < -0.4 is 5.32 Å². The first-order chi connectivity index (χ1) is 6.56. The lowest BCUT2D eigenvalue weighted by Gasteiger charge is -2.35. The maximum Gasteiger partial charge on any atom is 0.239 e. The zero-order valence-corrected chi connectivity index (χ0v) is 9.16. The summed E-state index contributed by atoms with van der Waals surface area (Å²) in [6.07, 6.45) is 0.451. The molecular formula is C10H20N2O2. The number of aliphatic hydroxyl groups excluding tert-OH is 1. The Morgan fingerprint density at radius 2 is 2.29 bits per heavy atom. The molecule has 1 saturated heterocycles. The Kier molecular flexibility index (Phi) is 3.89. The number of amides is 1. The van der Waals surface area contributed by atoms with Gasteiger partial charge < -0.3 is 15.3 Å². The van der Waals surface area contributed by atoms with Crippen LogP contribution in [0.1, 0.15) is 20.3 Å². The molecule has 3 unspecified atom stereocenters. The first kappa shape index (κ1) is 11.5. The van der Waals surface area contributed by atoms with Crippen molar-refractivity contribution in [1.82, 2.24) is 10.2 Å². The Morgan fingerprint density at radius 1 is 1.64 bits per heavy atom. The van der Waals surface area contributed by atoms with Gasteiger partial charge in [-0.2, -0.15) is 0 Å². The van der Waals surface area contributed by atoms with Crippen molar-refractivity contribution in [2.75, 3.05) is 20.1 Å². The predicted molar refractivity (Wildman–Crippen MR) is 54.9 cm³/mol. The van der Waals surface area contributed by atoms with Crippen molar-refractivity contribution in [3.8, 4) is 0 Å². The first-order valence-electron chi connectivity index (χ1n) is 5.20. The molecular weight excluding hydrogens is 180 g/mol. The van der Waals surface area contributed by atoms with Gasteiger partial charge in [0.15, 0.2) is 0 Å². The summed E-state index contributed by atoms with van der Waals surface area (Å²) in [6.45, 7) is 5.19. The van der Waals surface area contributed by atoms with Gasteiger partial charge >= 0.3 is 0 Å². The van der Waals surface area contributed by atoms with Crippen LogP contribution in [0.5, 0.6) is 0 Å². The smallest absolute Gasteiger partial charge is 0.239 e. The van der Waals surface area contributed by atoms with Gasteiger partial charge in [0.05, 0.1) is 12.1 Å². The van der Waals surface area contributed by atoms with Crippen LogP contribution in [0.3, 0.4) is 0 Å². The highest BCUT2D eigenvalue weighted by atomic mass is 16.3. The average molecular weight is 200 g/mol. The van der Waals surface area contributed by atoms with Gasteiger partial charge in [-0.25, -0.2) is 0 Å². The molecule has 1 aliphatic rings. The number of carbonyl (C=O) groups excluding carboxylic acids is 1. The molecule has 0 aliphatic carbocycles. The van der Waals surface area contributed by atoms with E-state index in [1.807, 2.05) is 18.7 Å². The third-order valence-corrected chi connectivity index (χ3v) is 2.98. The van der Waals surface area contributed by atoms with E-state index in [-0.39, 0.29) is 24.0 Å². The third kappa shape index (κ3) is 2.45. The molecule has 1 amide bonds. The summed E-state index contributed by atoms with van der Waals surface area (Å²) in [7, 11) is 1.78. The second-order valence-corrected chi connectivity index (χ2v) is 4.13. The van der Waals surface area contributed by atoms with Crippen LogP contribution in [0, 0.1) is 5.92 Å². The Morgan fingerprint density at radius 3 is 2.79 bits per heavy atom. The van der Waals surface area contributed by atoms with Crippen LogP contribution in [0.25, 0.3) is 0 Å². The largest absolute Gasteiger partial charge is 0.393 e. The molecule has 1 heterocycles. The second kappa shape index (κ2) is 4.75. The summed E-state index contributed by atoms with van der Waals surface area (Å²) in [5, 5.41) is 12.5. The average Bonchev–Trinajstić information content (AvgIpc) is 2.20. The lowest BCUT2D eigenvalue weighted by Crippen LogP contribution is -2.50. The first-order valence-corrected chi connectivity index (χ1v) is 5.20. The van der Waals surface area contributed by atoms with Crippen molar-refractivity contribution < 1.29 is 9.90 Å². The number of likely N-dealkylation sites (tertiary alicyclic amines) is 1. The van der Waals surface area contributed by atoms with E-state index < -0.39 is 0 Å². The minimum absolute atomic E-state index is 0.127. The van der Waals surface area contributed by atoms with Gasteiger partial charge in [0.1, 0.15) is 0 Å². The van der Waals surface area contributed by atoms with Crippen LogP contribution in [0.15, 0.2) is 0 Å². The van der Waals surface area contributed by atoms with Crippen LogP contribution in [-0.4, -0.2) is 48.2 Å². The lowest BCUT2D eigenvalue weighted by atomic mass is 9.96. The van der Waals surface area contributed by atoms with Crippen LogP contribution >= 0.6 is 0 Å². The molecule has 3 atom stereocenters. The number of piperidine rings is 1. The van der Waals surface area contributed by atoms with Gasteiger partial charge in [0.25, 0.3) is 0 Å². The van der Waals surface area contributed by atoms with Crippen molar-refractivity contribution in [3.05, 3.63) is 0 Å². The zero-order chi connectivity index (χ0) is 10.7. The van der Waals surface area contributed by atoms with Crippen molar-refractivity contribution in [2.24, 2.45) is 5.92 Å². The molecule has 4 heteroatoms. The molecule has 0 aromatic carbocycles. The summed E-state index contributed by atoms with van der Waals surface area (Å²) in [6, 6.07) is -0.127. The number of hydrogen-bond acceptors (Lipinski definition) is 3. The molecule has 1 rings (SSSR count). The highest BCUT2D eigenvalue weighted by Crippen LogP contribution is 2.16. The lowest BCUT2D eigenvalue weighted by molar-refractivity contribution is -0.136. The molecule has 0 aromatic rings. The fourth-order valence-corrected chi connectivity index (χ4v) is 1.73. The van der Waals surface area contributed by atoms with Crippen molar-refractivity contribution in [1.29, 1.82) is 0 Å². The SMILES string of the molecule is CNC(C)C(=O)N1CCC(O)C(C)C1. The summed E-state index contributed by atoms with van der Waals surface area (Å²) in [4.78, 5) is 13.6. The van der Waals surface area contributed by atoms with Gasteiger partial charge in [-0.1, -0.05) is 6.92 Å². The van der Waals surface area contributed by atoms with Crippen molar-refractivity contribution in [2.45, 2.75) is 32.4 Å². The summed E-state index contributed by atoms with van der Waals surface area (Å²) in [5.41, 5.74) is 0. The van der Waals surface area contributed by atoms with Crippen molar-refractivity contribution in [3.63, 3.8) is 0 Å². The van der Waals surface area contributed by atoms with E-state index in [4.69, 9.17) is 0 Å². The quantitative estimate of drug-likeness (QED) is 0.650. The number of nitrogens with zero attached hydrogens (tertiary/aromatic N) is 1. The Labute approximate surface area is 85.3 Å². The molecule has 0 saturated carbocycles. The molecule has 1 fully saturated rings. The van der Waals surface area contributed by atoms with E-state index in [2.05, 4.69) is 5.32 Å². The molecule has 4 nitrogen and oxygen atoms in total. The van der Waals surface area contributed by atoms with Crippen LogP contribution in [0.2, 0.25) is 0 Å². The minimum atomic E-state index is -0.246. The van der Waals surface area contributed by atoms with Crippen LogP contribution in [0.4, 0.5) is 0 Å². The standard InChI is InChI=1S/C10H20N2O2/c1-7-6-12(5-4-9(7)13)10(14)8(2)11-3/h7-9,11,13H,4-6H2,1-3H3. The number of aliphatic hydroxyl groups is 1. The fourth-order valence-electron chi connectivity index (χ4n) is 1.73. The minimum Gasteiger partial charge on any atom is -0.393 e. The monoisotopic (exact) mass is 200 g/mol. The second-order valence-electron chi connectivity index (χ2n) is 4.13. The fraction of sp³-hybridized carbons (Fsp3) is 0.900. The summed E-state index contributed by atoms with van der Waals surface area (Å²) in [5.74, 6) is 0.322. The predicted octanol–water partition coefficient (Wildman–Crippen LogP) is -0.176. The van der Waals surface area contributed by atoms with Crippen molar-refractivity contribution >= 4 is 5.91 Å². The highest BCUT2D eigenvalue weighted by Gasteiger charge is 2.28. The van der Waals surface area contributed by atoms with E-state index in [1.165, 1.54) is 0 Å². The number of likely N-dealkylation sites (N-methyl/N-ethyl adjacent to an activating group) is 1. The maximum absolute atomic E-state index is 11.8.